The highest BCUT2D eigenvalue weighted by Gasteiger charge is 2.44. The fourth-order valence-electron chi connectivity index (χ4n) is 13.2. The van der Waals surface area contributed by atoms with E-state index in [1.54, 1.807) is 58.2 Å². The number of halogens is 4. The van der Waals surface area contributed by atoms with Crippen LogP contribution in [0.4, 0.5) is 19.2 Å². The van der Waals surface area contributed by atoms with Crippen molar-refractivity contribution >= 4 is 90.7 Å². The number of ether oxygens (including phenoxy) is 4. The maximum absolute atomic E-state index is 13.4. The largest absolute Gasteiger partial charge is 0.484 e. The van der Waals surface area contributed by atoms with Crippen molar-refractivity contribution < 1.29 is 55.0 Å². The van der Waals surface area contributed by atoms with E-state index in [1.165, 1.54) is 24.3 Å². The van der Waals surface area contributed by atoms with Crippen molar-refractivity contribution in [2.24, 2.45) is 0 Å². The fourth-order valence-corrected chi connectivity index (χ4v) is 16.5. The van der Waals surface area contributed by atoms with Gasteiger partial charge in [-0.2, -0.15) is 0 Å². The number of nitrogens with one attached hydrogen (secondary N) is 8. The molecule has 2 fully saturated rings. The molecule has 6 amide bonds. The van der Waals surface area contributed by atoms with Gasteiger partial charge in [-0.3, -0.25) is 19.2 Å². The van der Waals surface area contributed by atoms with E-state index < -0.39 is 55.6 Å². The van der Waals surface area contributed by atoms with Gasteiger partial charge in [0.1, 0.15) is 46.3 Å². The van der Waals surface area contributed by atoms with Gasteiger partial charge in [0.2, 0.25) is 20.0 Å². The van der Waals surface area contributed by atoms with Gasteiger partial charge in [0.15, 0.2) is 0 Å². The number of alkyl carbamates (subject to hydrolysis) is 2. The lowest BCUT2D eigenvalue weighted by Gasteiger charge is -2.39. The molecule has 104 heavy (non-hydrogen) atoms. The third-order valence-electron chi connectivity index (χ3n) is 18.0. The van der Waals surface area contributed by atoms with Crippen LogP contribution in [-0.2, 0) is 68.5 Å². The van der Waals surface area contributed by atoms with E-state index in [9.17, 15) is 36.0 Å². The number of aromatic nitrogens is 6. The Hall–Kier alpha value is -7.26. The number of likely N-dealkylation sites (tertiary alicyclic amines) is 2. The molecule has 0 spiro atoms. The summed E-state index contributed by atoms with van der Waals surface area (Å²) in [5.41, 5.74) is 3.46. The van der Waals surface area contributed by atoms with Crippen LogP contribution in [-0.4, -0.2) is 169 Å². The minimum absolute atomic E-state index is 0.0892. The molecule has 4 aromatic carbocycles. The van der Waals surface area contributed by atoms with Crippen LogP contribution >= 0.6 is 46.4 Å². The standard InChI is InChI=1S/C70H94Cl4N16O12S2/c1-69(2,3)101-67(93)81-47-15-13-29-87(41-47)61-37-55-57(33-45(71)35-59(55)73)63(61)99-51-17-21-53(22-18-51)103(95,96)79-27-9-11-31-89-43-49(83-85-89)39-77-65(91)75-25-7-8-26-76-66(92)78-40-50-44-90(86-84-50)32-12-10-28-80-104(97,98)54-23-19-52(20-24-54)100-64-58-34-46(72)36-60(74)56(58)38-62(64)88-30-14-16-48(42-88)82-68(94)102-70(4,5)6/h17-24,33-36,43-44,47-48,61-64,79-80H,7-16,25-32,37-42H2,1-6H3,(H,81,93)(H,82,94)(H2,75,77,91)(H2,76,78,92)/t47-,48-,61+,62+,63+,64+/m1/s1. The number of fused-ring (bicyclic) bond motifs is 2. The van der Waals surface area contributed by atoms with Crippen molar-refractivity contribution in [1.29, 1.82) is 0 Å². The number of carbonyl (C=O) groups is 4. The molecule has 2 aliphatic carbocycles. The van der Waals surface area contributed by atoms with E-state index in [0.29, 0.717) is 134 Å². The Labute approximate surface area is 627 Å². The minimum Gasteiger partial charge on any atom is -0.484 e. The summed E-state index contributed by atoms with van der Waals surface area (Å²) in [5.74, 6) is 0.951. The van der Waals surface area contributed by atoms with Gasteiger partial charge in [-0.25, -0.2) is 45.5 Å². The van der Waals surface area contributed by atoms with Crippen molar-refractivity contribution in [2.45, 2.75) is 202 Å². The third-order valence-corrected chi connectivity index (χ3v) is 22.1. The van der Waals surface area contributed by atoms with Gasteiger partial charge < -0.3 is 50.8 Å². The van der Waals surface area contributed by atoms with Gasteiger partial charge in [-0.1, -0.05) is 56.8 Å². The van der Waals surface area contributed by atoms with Crippen LogP contribution < -0.4 is 50.8 Å². The first kappa shape index (κ1) is 79.3. The Balaban J connectivity index is 0.554. The predicted octanol–water partition coefficient (Wildman–Crippen LogP) is 10.1. The van der Waals surface area contributed by atoms with Crippen LogP contribution in [0.3, 0.4) is 0 Å². The van der Waals surface area contributed by atoms with Crippen LogP contribution in [0.25, 0.3) is 0 Å². The Kier molecular flexibility index (Phi) is 27.4. The average Bonchev–Trinajstić information content (AvgIpc) is 1.62. The second-order valence-electron chi connectivity index (χ2n) is 28.5. The molecule has 6 atom stereocenters. The first-order valence-corrected chi connectivity index (χ1v) is 39.7. The second-order valence-corrected chi connectivity index (χ2v) is 33.7. The summed E-state index contributed by atoms with van der Waals surface area (Å²) < 4.78 is 86.4. The number of hydrogen-bond acceptors (Lipinski definition) is 18. The van der Waals surface area contributed by atoms with Crippen LogP contribution in [0.2, 0.25) is 20.1 Å². The number of carbonyl (C=O) groups excluding carboxylic acids is 4. The third kappa shape index (κ3) is 23.1. The zero-order valence-corrected chi connectivity index (χ0v) is 64.0. The summed E-state index contributed by atoms with van der Waals surface area (Å²) in [5, 5.41) is 35.8. The van der Waals surface area contributed by atoms with E-state index >= 15 is 0 Å². The highest BCUT2D eigenvalue weighted by Crippen LogP contribution is 2.45. The molecule has 34 heteroatoms. The number of benzene rings is 4. The number of aryl methyl sites for hydroxylation is 2. The lowest BCUT2D eigenvalue weighted by molar-refractivity contribution is 0.0353. The Morgan fingerprint density at radius 3 is 1.29 bits per heavy atom. The van der Waals surface area contributed by atoms with Crippen molar-refractivity contribution in [3.63, 3.8) is 0 Å². The Bertz CT molecular complexity index is 3900. The monoisotopic (exact) mass is 1550 g/mol. The van der Waals surface area contributed by atoms with Crippen LogP contribution in [0, 0.1) is 0 Å². The number of sulfonamides is 2. The molecule has 6 aromatic rings. The van der Waals surface area contributed by atoms with E-state index in [0.717, 1.165) is 61.0 Å². The lowest BCUT2D eigenvalue weighted by atomic mass is 10.0. The van der Waals surface area contributed by atoms with E-state index in [4.69, 9.17) is 65.4 Å². The summed E-state index contributed by atoms with van der Waals surface area (Å²) >= 11 is 26.5. The maximum Gasteiger partial charge on any atom is 0.407 e. The summed E-state index contributed by atoms with van der Waals surface area (Å²) in [6, 6.07) is 18.5. The van der Waals surface area contributed by atoms with Gasteiger partial charge >= 0.3 is 24.2 Å². The van der Waals surface area contributed by atoms with E-state index in [1.807, 2.05) is 53.7 Å². The van der Waals surface area contributed by atoms with Crippen molar-refractivity contribution in [1.82, 2.24) is 81.1 Å². The second kappa shape index (κ2) is 35.9. The summed E-state index contributed by atoms with van der Waals surface area (Å²) in [7, 11) is -7.68. The molecule has 28 nitrogen and oxygen atoms in total. The summed E-state index contributed by atoms with van der Waals surface area (Å²) in [6.45, 7) is 16.1. The zero-order chi connectivity index (χ0) is 74.3. The zero-order valence-electron chi connectivity index (χ0n) is 59.3. The first-order chi connectivity index (χ1) is 49.5. The molecule has 2 saturated heterocycles. The van der Waals surface area contributed by atoms with Crippen molar-refractivity contribution in [3.05, 3.63) is 139 Å². The van der Waals surface area contributed by atoms with E-state index in [-0.39, 0.29) is 72.2 Å². The average molecular weight is 1560 g/mol. The SMILES string of the molecule is CC(C)(C)OC(=O)N[C@@H]1CCCN([C@H]2Cc3c(Cl)cc(Cl)cc3[C@@H]2Oc2ccc(S(=O)(=O)NCCCCn3cc(CNC(=O)NCCCCNC(=O)NCc4cn(CCCCNS(=O)(=O)c5ccc(O[C@H]6c7cc(Cl)cc(Cl)c7C[C@@H]6N6CCC[C@@H](NC(=O)OC(C)(C)C)C6)cc5)nn4)nn3)cc2)C1. The fraction of sp³-hybridized carbons (Fsp3) is 0.543. The molecule has 0 bridgehead atoms. The molecule has 566 valence electrons. The van der Waals surface area contributed by atoms with E-state index in [2.05, 4.69) is 71.8 Å². The quantitative estimate of drug-likeness (QED) is 0.0188. The molecule has 0 radical (unpaired) electrons. The van der Waals surface area contributed by atoms with Gasteiger partial charge in [0.05, 0.1) is 47.4 Å². The molecule has 4 aliphatic rings. The Morgan fingerprint density at radius 1 is 0.519 bits per heavy atom. The van der Waals surface area contributed by atoms with Gasteiger partial charge in [-0.05, 0) is 216 Å². The normalized spacial score (nSPS) is 19.3. The number of amides is 6. The van der Waals surface area contributed by atoms with Crippen LogP contribution in [0.5, 0.6) is 11.5 Å². The predicted molar refractivity (Wildman–Crippen MR) is 394 cm³/mol. The molecule has 10 rings (SSSR count). The first-order valence-electron chi connectivity index (χ1n) is 35.3. The number of urea groups is 2. The van der Waals surface area contributed by atoms with Gasteiger partial charge in [0.25, 0.3) is 0 Å². The molecule has 4 heterocycles. The summed E-state index contributed by atoms with van der Waals surface area (Å²) in [6.07, 6.45) is 9.60. The lowest BCUT2D eigenvalue weighted by Crippen LogP contribution is -2.53. The number of nitrogens with zero attached hydrogens (tertiary/aromatic N) is 8. The van der Waals surface area contributed by atoms with Gasteiger partial charge in [0, 0.05) is 95.7 Å². The van der Waals surface area contributed by atoms with Crippen molar-refractivity contribution in [3.8, 4) is 11.5 Å². The number of hydrogen-bond donors (Lipinski definition) is 8. The minimum atomic E-state index is -3.84. The molecule has 0 saturated carbocycles. The van der Waals surface area contributed by atoms with Crippen LogP contribution in [0.15, 0.2) is 95.0 Å². The molecule has 0 unspecified atom stereocenters. The number of piperidine rings is 2. The summed E-state index contributed by atoms with van der Waals surface area (Å²) in [4.78, 5) is 55.2. The smallest absolute Gasteiger partial charge is 0.407 e. The molecular weight excluding hydrogens is 1460 g/mol. The van der Waals surface area contributed by atoms with Crippen molar-refractivity contribution in [2.75, 3.05) is 52.4 Å². The molecule has 2 aromatic heterocycles. The molecule has 2 aliphatic heterocycles. The number of rotatable bonds is 31. The number of unbranched alkanes of at least 4 members (excludes halogenated alkanes) is 3. The van der Waals surface area contributed by atoms with Crippen LogP contribution in [0.1, 0.15) is 152 Å². The molecule has 8 N–H and O–H groups in total. The van der Waals surface area contributed by atoms with Gasteiger partial charge in [-0.15, -0.1) is 10.2 Å². The topological polar surface area (TPSA) is 338 Å². The Morgan fingerprint density at radius 2 is 0.904 bits per heavy atom. The molecular formula is C70H94Cl4N16O12S2. The highest BCUT2D eigenvalue weighted by atomic mass is 35.5. The highest BCUT2D eigenvalue weighted by molar-refractivity contribution is 7.89. The maximum atomic E-state index is 13.4.